The van der Waals surface area contributed by atoms with E-state index in [4.69, 9.17) is 5.73 Å². The monoisotopic (exact) mass is 288 g/mol. The number of benzene rings is 1. The Labute approximate surface area is 124 Å². The van der Waals surface area contributed by atoms with Crippen molar-refractivity contribution in [3.63, 3.8) is 0 Å². The van der Waals surface area contributed by atoms with Crippen LogP contribution in [0.25, 0.3) is 0 Å². The molecule has 0 aliphatic carbocycles. The van der Waals surface area contributed by atoms with Crippen LogP contribution in [0.4, 0.5) is 0 Å². The molecule has 0 aliphatic heterocycles. The van der Waals surface area contributed by atoms with Crippen LogP contribution in [0, 0.1) is 0 Å². The average molecular weight is 288 g/mol. The van der Waals surface area contributed by atoms with Crippen LogP contribution in [0.5, 0.6) is 0 Å². The molecule has 2 rings (SSSR count). The van der Waals surface area contributed by atoms with Crippen LogP contribution in [-0.2, 0) is 17.6 Å². The lowest BCUT2D eigenvalue weighted by Gasteiger charge is -2.21. The minimum absolute atomic E-state index is 0.00501. The molecular formula is C16H20N2OS. The number of hydrogen-bond donors (Lipinski definition) is 1. The van der Waals surface area contributed by atoms with Gasteiger partial charge in [-0.15, -0.1) is 11.3 Å². The number of hydrogen-bond acceptors (Lipinski definition) is 3. The fourth-order valence-corrected chi connectivity index (χ4v) is 2.78. The Morgan fingerprint density at radius 2 is 2.00 bits per heavy atom. The molecule has 20 heavy (non-hydrogen) atoms. The first-order chi connectivity index (χ1) is 9.66. The predicted octanol–water partition coefficient (Wildman–Crippen LogP) is 2.32. The number of likely N-dealkylation sites (N-methyl/N-ethyl adjacent to an activating group) is 1. The Hall–Kier alpha value is -1.65. The van der Waals surface area contributed by atoms with Gasteiger partial charge in [0, 0.05) is 18.5 Å². The summed E-state index contributed by atoms with van der Waals surface area (Å²) >= 11 is 1.72. The standard InChI is InChI=1S/C16H20N2OS/c1-18(10-9-14-8-5-11-20-14)16(19)15(17)12-13-6-3-2-4-7-13/h2-8,11,15H,9-10,12,17H2,1H3. The van der Waals surface area contributed by atoms with Crippen LogP contribution in [-0.4, -0.2) is 30.4 Å². The van der Waals surface area contributed by atoms with E-state index < -0.39 is 6.04 Å². The molecule has 1 aromatic carbocycles. The second-order valence-electron chi connectivity index (χ2n) is 4.89. The average Bonchev–Trinajstić information content (AvgIpc) is 2.98. The molecule has 3 nitrogen and oxygen atoms in total. The second-order valence-corrected chi connectivity index (χ2v) is 5.92. The number of nitrogens with zero attached hydrogens (tertiary/aromatic N) is 1. The van der Waals surface area contributed by atoms with E-state index in [1.807, 2.05) is 43.4 Å². The molecule has 1 unspecified atom stereocenters. The molecule has 1 atom stereocenters. The van der Waals surface area contributed by atoms with E-state index in [2.05, 4.69) is 11.4 Å². The Balaban J connectivity index is 1.83. The zero-order valence-corrected chi connectivity index (χ0v) is 12.5. The van der Waals surface area contributed by atoms with Gasteiger partial charge in [0.25, 0.3) is 0 Å². The van der Waals surface area contributed by atoms with Crippen LogP contribution in [0.3, 0.4) is 0 Å². The quantitative estimate of drug-likeness (QED) is 0.886. The summed E-state index contributed by atoms with van der Waals surface area (Å²) < 4.78 is 0. The van der Waals surface area contributed by atoms with Crippen molar-refractivity contribution in [2.75, 3.05) is 13.6 Å². The molecule has 0 spiro atoms. The van der Waals surface area contributed by atoms with Crippen molar-refractivity contribution in [2.24, 2.45) is 5.73 Å². The van der Waals surface area contributed by atoms with Gasteiger partial charge in [-0.25, -0.2) is 0 Å². The summed E-state index contributed by atoms with van der Waals surface area (Å²) in [6, 6.07) is 13.5. The number of nitrogens with two attached hydrogens (primary N) is 1. The van der Waals surface area contributed by atoms with E-state index in [1.165, 1.54) is 4.88 Å². The second kappa shape index (κ2) is 7.22. The minimum Gasteiger partial charge on any atom is -0.344 e. The summed E-state index contributed by atoms with van der Waals surface area (Å²) in [6.07, 6.45) is 1.47. The fourth-order valence-electron chi connectivity index (χ4n) is 2.08. The summed E-state index contributed by atoms with van der Waals surface area (Å²) in [6.45, 7) is 0.710. The van der Waals surface area contributed by atoms with Gasteiger partial charge in [-0.05, 0) is 29.9 Å². The molecule has 0 fully saturated rings. The molecule has 0 saturated carbocycles. The third-order valence-electron chi connectivity index (χ3n) is 3.27. The molecule has 0 bridgehead atoms. The van der Waals surface area contributed by atoms with Gasteiger partial charge in [0.15, 0.2) is 0 Å². The van der Waals surface area contributed by atoms with Crippen LogP contribution in [0.15, 0.2) is 47.8 Å². The van der Waals surface area contributed by atoms with E-state index in [0.717, 1.165) is 12.0 Å². The molecule has 106 valence electrons. The number of carbonyl (C=O) groups excluding carboxylic acids is 1. The van der Waals surface area contributed by atoms with E-state index in [0.29, 0.717) is 13.0 Å². The first kappa shape index (κ1) is 14.8. The first-order valence-corrected chi connectivity index (χ1v) is 7.61. The smallest absolute Gasteiger partial charge is 0.239 e. The van der Waals surface area contributed by atoms with Crippen LogP contribution >= 0.6 is 11.3 Å². The molecule has 0 aliphatic rings. The Bertz CT molecular complexity index is 525. The van der Waals surface area contributed by atoms with E-state index in [1.54, 1.807) is 16.2 Å². The van der Waals surface area contributed by atoms with Crippen molar-refractivity contribution in [1.82, 2.24) is 4.90 Å². The molecule has 0 radical (unpaired) electrons. The van der Waals surface area contributed by atoms with E-state index in [-0.39, 0.29) is 5.91 Å². The number of rotatable bonds is 6. The minimum atomic E-state index is -0.467. The molecule has 0 saturated heterocycles. The normalized spacial score (nSPS) is 12.1. The largest absolute Gasteiger partial charge is 0.344 e. The van der Waals surface area contributed by atoms with Gasteiger partial charge >= 0.3 is 0 Å². The Kier molecular flexibility index (Phi) is 5.32. The lowest BCUT2D eigenvalue weighted by molar-refractivity contribution is -0.131. The van der Waals surface area contributed by atoms with Gasteiger partial charge in [0.2, 0.25) is 5.91 Å². The summed E-state index contributed by atoms with van der Waals surface area (Å²) in [7, 11) is 1.82. The lowest BCUT2D eigenvalue weighted by Crippen LogP contribution is -2.43. The highest BCUT2D eigenvalue weighted by molar-refractivity contribution is 7.09. The van der Waals surface area contributed by atoms with Crippen molar-refractivity contribution in [1.29, 1.82) is 0 Å². The maximum absolute atomic E-state index is 12.2. The molecular weight excluding hydrogens is 268 g/mol. The first-order valence-electron chi connectivity index (χ1n) is 6.73. The van der Waals surface area contributed by atoms with Crippen molar-refractivity contribution in [3.05, 3.63) is 58.3 Å². The van der Waals surface area contributed by atoms with E-state index in [9.17, 15) is 4.79 Å². The van der Waals surface area contributed by atoms with Gasteiger partial charge in [0.1, 0.15) is 0 Å². The van der Waals surface area contributed by atoms with Gasteiger partial charge in [-0.2, -0.15) is 0 Å². The highest BCUT2D eigenvalue weighted by Gasteiger charge is 2.18. The summed E-state index contributed by atoms with van der Waals surface area (Å²) in [5.41, 5.74) is 7.11. The third kappa shape index (κ3) is 4.18. The van der Waals surface area contributed by atoms with Crippen LogP contribution in [0.2, 0.25) is 0 Å². The number of carbonyl (C=O) groups is 1. The maximum Gasteiger partial charge on any atom is 0.239 e. The Morgan fingerprint density at radius 3 is 2.65 bits per heavy atom. The fraction of sp³-hybridized carbons (Fsp3) is 0.312. The zero-order chi connectivity index (χ0) is 14.4. The van der Waals surface area contributed by atoms with Crippen molar-refractivity contribution < 1.29 is 4.79 Å². The van der Waals surface area contributed by atoms with Gasteiger partial charge in [-0.1, -0.05) is 36.4 Å². The Morgan fingerprint density at radius 1 is 1.25 bits per heavy atom. The maximum atomic E-state index is 12.2. The van der Waals surface area contributed by atoms with Gasteiger partial charge in [0.05, 0.1) is 6.04 Å². The molecule has 2 N–H and O–H groups in total. The third-order valence-corrected chi connectivity index (χ3v) is 4.20. The van der Waals surface area contributed by atoms with Crippen LogP contribution in [0.1, 0.15) is 10.4 Å². The number of amides is 1. The van der Waals surface area contributed by atoms with Crippen molar-refractivity contribution in [2.45, 2.75) is 18.9 Å². The highest BCUT2D eigenvalue weighted by Crippen LogP contribution is 2.10. The lowest BCUT2D eigenvalue weighted by atomic mass is 10.1. The number of thiophene rings is 1. The highest BCUT2D eigenvalue weighted by atomic mass is 32.1. The topological polar surface area (TPSA) is 46.3 Å². The SMILES string of the molecule is CN(CCc1cccs1)C(=O)C(N)Cc1ccccc1. The predicted molar refractivity (Wildman–Crippen MR) is 83.8 cm³/mol. The zero-order valence-electron chi connectivity index (χ0n) is 11.7. The van der Waals surface area contributed by atoms with Crippen molar-refractivity contribution >= 4 is 17.2 Å². The van der Waals surface area contributed by atoms with Gasteiger partial charge < -0.3 is 10.6 Å². The molecule has 2 aromatic rings. The summed E-state index contributed by atoms with van der Waals surface area (Å²) in [4.78, 5) is 15.2. The summed E-state index contributed by atoms with van der Waals surface area (Å²) in [5, 5.41) is 2.05. The van der Waals surface area contributed by atoms with Crippen molar-refractivity contribution in [3.8, 4) is 0 Å². The molecule has 1 heterocycles. The molecule has 1 amide bonds. The van der Waals surface area contributed by atoms with Gasteiger partial charge in [-0.3, -0.25) is 4.79 Å². The summed E-state index contributed by atoms with van der Waals surface area (Å²) in [5.74, 6) is 0.00501. The van der Waals surface area contributed by atoms with E-state index >= 15 is 0 Å². The molecule has 1 aromatic heterocycles. The molecule has 4 heteroatoms. The van der Waals surface area contributed by atoms with Crippen LogP contribution < -0.4 is 5.73 Å².